The quantitative estimate of drug-likeness (QED) is 0.365. The number of ether oxygens (including phenoxy) is 1. The third kappa shape index (κ3) is 5.57. The van der Waals surface area contributed by atoms with Crippen molar-refractivity contribution in [3.8, 4) is 0 Å². The molecular weight excluding hydrogens is 434 g/mol. The largest absolute Gasteiger partial charge is 0.376 e. The van der Waals surface area contributed by atoms with E-state index in [1.165, 1.54) is 24.1 Å². The standard InChI is InChI=1S/C18H25FN4O.HI/c1-20-18(23-12-15-4-2-3-9-24-15)21-8-7-13-11-22-17-10-14(19)5-6-16(13)17;/h5-6,10-11,15,22H,2-4,7-9,12H2,1H3,(H2,20,21,23);1H. The average Bonchev–Trinajstić information content (AvgIpc) is 3.01. The first kappa shape index (κ1) is 20.0. The van der Waals surface area contributed by atoms with Crippen LogP contribution >= 0.6 is 24.0 Å². The van der Waals surface area contributed by atoms with Gasteiger partial charge in [-0.2, -0.15) is 0 Å². The fraction of sp³-hybridized carbons (Fsp3) is 0.500. The zero-order valence-electron chi connectivity index (χ0n) is 14.5. The Labute approximate surface area is 164 Å². The van der Waals surface area contributed by atoms with Gasteiger partial charge in [0.2, 0.25) is 0 Å². The van der Waals surface area contributed by atoms with E-state index in [9.17, 15) is 4.39 Å². The van der Waals surface area contributed by atoms with Crippen LogP contribution < -0.4 is 10.6 Å². The number of hydrogen-bond acceptors (Lipinski definition) is 2. The van der Waals surface area contributed by atoms with Gasteiger partial charge in [0.25, 0.3) is 0 Å². The lowest BCUT2D eigenvalue weighted by Gasteiger charge is -2.23. The van der Waals surface area contributed by atoms with Crippen molar-refractivity contribution in [1.82, 2.24) is 15.6 Å². The Kier molecular flexibility index (Phi) is 7.95. The number of hydrogen-bond donors (Lipinski definition) is 3. The zero-order chi connectivity index (χ0) is 16.8. The Morgan fingerprint density at radius 3 is 3.00 bits per heavy atom. The van der Waals surface area contributed by atoms with Crippen molar-refractivity contribution < 1.29 is 9.13 Å². The molecular formula is C18H26FIN4O. The zero-order valence-corrected chi connectivity index (χ0v) is 16.8. The molecule has 1 unspecified atom stereocenters. The van der Waals surface area contributed by atoms with Gasteiger partial charge in [0.15, 0.2) is 5.96 Å². The van der Waals surface area contributed by atoms with Gasteiger partial charge in [-0.3, -0.25) is 4.99 Å². The fourth-order valence-electron chi connectivity index (χ4n) is 3.08. The van der Waals surface area contributed by atoms with E-state index in [1.54, 1.807) is 7.05 Å². The maximum absolute atomic E-state index is 13.2. The van der Waals surface area contributed by atoms with E-state index in [4.69, 9.17) is 4.74 Å². The van der Waals surface area contributed by atoms with E-state index >= 15 is 0 Å². The molecule has 1 atom stereocenters. The summed E-state index contributed by atoms with van der Waals surface area (Å²) in [5.74, 6) is 0.568. The van der Waals surface area contributed by atoms with E-state index in [0.717, 1.165) is 55.8 Å². The van der Waals surface area contributed by atoms with Crippen LogP contribution in [0.2, 0.25) is 0 Å². The molecule has 1 aromatic heterocycles. The first-order valence-corrected chi connectivity index (χ1v) is 8.58. The van der Waals surface area contributed by atoms with Crippen LogP contribution in [0.25, 0.3) is 10.9 Å². The third-order valence-corrected chi connectivity index (χ3v) is 4.41. The first-order chi connectivity index (χ1) is 11.8. The SMILES string of the molecule is CN=C(NCCc1c[nH]c2cc(F)ccc12)NCC1CCCCO1.I. The highest BCUT2D eigenvalue weighted by atomic mass is 127. The third-order valence-electron chi connectivity index (χ3n) is 4.41. The van der Waals surface area contributed by atoms with Crippen LogP contribution in [0.4, 0.5) is 4.39 Å². The van der Waals surface area contributed by atoms with E-state index in [2.05, 4.69) is 20.6 Å². The second-order valence-corrected chi connectivity index (χ2v) is 6.12. The van der Waals surface area contributed by atoms with Gasteiger partial charge in [0, 0.05) is 43.8 Å². The molecule has 1 aliphatic heterocycles. The van der Waals surface area contributed by atoms with Crippen LogP contribution in [-0.4, -0.2) is 43.8 Å². The number of halogens is 2. The van der Waals surface area contributed by atoms with Gasteiger partial charge in [-0.15, -0.1) is 24.0 Å². The Morgan fingerprint density at radius 1 is 1.36 bits per heavy atom. The van der Waals surface area contributed by atoms with E-state index < -0.39 is 0 Å². The van der Waals surface area contributed by atoms with E-state index in [1.807, 2.05) is 12.3 Å². The molecule has 0 bridgehead atoms. The van der Waals surface area contributed by atoms with Crippen molar-refractivity contribution in [2.45, 2.75) is 31.8 Å². The van der Waals surface area contributed by atoms with Crippen LogP contribution in [0.1, 0.15) is 24.8 Å². The molecule has 5 nitrogen and oxygen atoms in total. The Hall–Kier alpha value is -1.35. The molecule has 0 aliphatic carbocycles. The first-order valence-electron chi connectivity index (χ1n) is 8.58. The maximum atomic E-state index is 13.2. The van der Waals surface area contributed by atoms with Crippen molar-refractivity contribution in [1.29, 1.82) is 0 Å². The number of nitrogens with one attached hydrogen (secondary N) is 3. The number of guanidine groups is 1. The van der Waals surface area contributed by atoms with E-state index in [-0.39, 0.29) is 35.9 Å². The predicted octanol–water partition coefficient (Wildman–Crippen LogP) is 3.20. The van der Waals surface area contributed by atoms with Gasteiger partial charge in [0.05, 0.1) is 6.10 Å². The smallest absolute Gasteiger partial charge is 0.191 e. The Morgan fingerprint density at radius 2 is 2.24 bits per heavy atom. The summed E-state index contributed by atoms with van der Waals surface area (Å²) in [4.78, 5) is 7.37. The van der Waals surface area contributed by atoms with Crippen LogP contribution in [0.3, 0.4) is 0 Å². The Balaban J connectivity index is 0.00000225. The molecule has 3 rings (SSSR count). The number of rotatable bonds is 5. The highest BCUT2D eigenvalue weighted by molar-refractivity contribution is 14.0. The highest BCUT2D eigenvalue weighted by Gasteiger charge is 2.14. The fourth-order valence-corrected chi connectivity index (χ4v) is 3.08. The minimum absolute atomic E-state index is 0. The van der Waals surface area contributed by atoms with Crippen molar-refractivity contribution >= 4 is 40.8 Å². The molecule has 1 aromatic carbocycles. The molecule has 0 saturated carbocycles. The lowest BCUT2D eigenvalue weighted by molar-refractivity contribution is 0.0194. The minimum Gasteiger partial charge on any atom is -0.376 e. The van der Waals surface area contributed by atoms with Crippen molar-refractivity contribution in [3.63, 3.8) is 0 Å². The number of benzene rings is 1. The van der Waals surface area contributed by atoms with Crippen molar-refractivity contribution in [2.75, 3.05) is 26.7 Å². The van der Waals surface area contributed by atoms with Crippen LogP contribution in [-0.2, 0) is 11.2 Å². The molecule has 138 valence electrons. The number of aromatic nitrogens is 1. The van der Waals surface area contributed by atoms with E-state index in [0.29, 0.717) is 0 Å². The van der Waals surface area contributed by atoms with Gasteiger partial charge < -0.3 is 20.4 Å². The lowest BCUT2D eigenvalue weighted by atomic mass is 10.1. The molecule has 7 heteroatoms. The average molecular weight is 460 g/mol. The summed E-state index contributed by atoms with van der Waals surface area (Å²) in [5, 5.41) is 7.71. The molecule has 25 heavy (non-hydrogen) atoms. The molecule has 1 fully saturated rings. The molecule has 0 amide bonds. The van der Waals surface area contributed by atoms with Crippen LogP contribution in [0.15, 0.2) is 29.4 Å². The molecule has 1 saturated heterocycles. The van der Waals surface area contributed by atoms with Gasteiger partial charge in [-0.05, 0) is 49.4 Å². The van der Waals surface area contributed by atoms with Gasteiger partial charge in [0.1, 0.15) is 5.82 Å². The number of H-pyrrole nitrogens is 1. The van der Waals surface area contributed by atoms with Gasteiger partial charge in [-0.1, -0.05) is 0 Å². The number of aliphatic imine (C=N–C) groups is 1. The topological polar surface area (TPSA) is 61.4 Å². The molecule has 1 aliphatic rings. The molecule has 2 aromatic rings. The molecule has 3 N–H and O–H groups in total. The molecule has 0 spiro atoms. The summed E-state index contributed by atoms with van der Waals surface area (Å²) < 4.78 is 18.9. The van der Waals surface area contributed by atoms with Gasteiger partial charge in [-0.25, -0.2) is 4.39 Å². The normalized spacial score (nSPS) is 18.0. The summed E-state index contributed by atoms with van der Waals surface area (Å²) in [6, 6.07) is 4.85. The number of fused-ring (bicyclic) bond motifs is 1. The summed E-state index contributed by atoms with van der Waals surface area (Å²) in [7, 11) is 1.77. The van der Waals surface area contributed by atoms with Gasteiger partial charge >= 0.3 is 0 Å². The second kappa shape index (κ2) is 9.96. The van der Waals surface area contributed by atoms with Crippen LogP contribution in [0, 0.1) is 5.82 Å². The minimum atomic E-state index is -0.219. The second-order valence-electron chi connectivity index (χ2n) is 6.12. The van der Waals surface area contributed by atoms with Crippen LogP contribution in [0.5, 0.6) is 0 Å². The summed E-state index contributed by atoms with van der Waals surface area (Å²) >= 11 is 0. The predicted molar refractivity (Wildman–Crippen MR) is 110 cm³/mol. The molecule has 2 heterocycles. The molecule has 0 radical (unpaired) electrons. The number of aromatic amines is 1. The summed E-state index contributed by atoms with van der Waals surface area (Å²) in [6.45, 7) is 2.40. The summed E-state index contributed by atoms with van der Waals surface area (Å²) in [6.07, 6.45) is 6.57. The highest BCUT2D eigenvalue weighted by Crippen LogP contribution is 2.19. The Bertz CT molecular complexity index is 697. The maximum Gasteiger partial charge on any atom is 0.191 e. The lowest BCUT2D eigenvalue weighted by Crippen LogP contribution is -2.43. The number of nitrogens with zero attached hydrogens (tertiary/aromatic N) is 1. The van der Waals surface area contributed by atoms with Crippen molar-refractivity contribution in [3.05, 3.63) is 35.8 Å². The monoisotopic (exact) mass is 460 g/mol. The summed E-state index contributed by atoms with van der Waals surface area (Å²) in [5.41, 5.74) is 2.01. The van der Waals surface area contributed by atoms with Crippen molar-refractivity contribution in [2.24, 2.45) is 4.99 Å².